The van der Waals surface area contributed by atoms with Crippen LogP contribution in [0.1, 0.15) is 22.9 Å². The molecule has 0 saturated carbocycles. The third-order valence-electron chi connectivity index (χ3n) is 3.02. The summed E-state index contributed by atoms with van der Waals surface area (Å²) in [5, 5.41) is 0.734. The van der Waals surface area contributed by atoms with Crippen LogP contribution in [0.4, 0.5) is 0 Å². The number of halogens is 1. The van der Waals surface area contributed by atoms with Gasteiger partial charge in [0.25, 0.3) is 0 Å². The largest absolute Gasteiger partial charge is 0.493 e. The summed E-state index contributed by atoms with van der Waals surface area (Å²) in [6.07, 6.45) is 3.28. The van der Waals surface area contributed by atoms with E-state index in [1.165, 1.54) is 17.3 Å². The van der Waals surface area contributed by atoms with Crippen molar-refractivity contribution in [2.24, 2.45) is 5.73 Å². The topological polar surface area (TPSA) is 61.0 Å². The van der Waals surface area contributed by atoms with Crippen molar-refractivity contribution in [3.63, 3.8) is 0 Å². The number of fused-ring (bicyclic) bond motifs is 1. The number of nitrogens with zero attached hydrogens (tertiary/aromatic N) is 2. The zero-order valence-corrected chi connectivity index (χ0v) is 11.2. The van der Waals surface area contributed by atoms with Crippen LogP contribution >= 0.6 is 23.3 Å². The van der Waals surface area contributed by atoms with E-state index in [9.17, 15) is 0 Å². The molecule has 0 fully saturated rings. The lowest BCUT2D eigenvalue weighted by atomic mass is 10.0. The first-order chi connectivity index (χ1) is 8.74. The smallest absolute Gasteiger partial charge is 0.125 e. The Morgan fingerprint density at radius 2 is 2.39 bits per heavy atom. The standard InChI is InChI=1S/C12H12ClN3OS/c13-9-3-7-1-2-17-12(7)8(4-9)5-10(14)11-6-15-18-16-11/h3-4,6,10H,1-2,5,14H2. The highest BCUT2D eigenvalue weighted by atomic mass is 35.5. The van der Waals surface area contributed by atoms with Crippen molar-refractivity contribution in [2.45, 2.75) is 18.9 Å². The molecule has 0 amide bonds. The molecule has 1 aliphatic rings. The zero-order valence-electron chi connectivity index (χ0n) is 9.60. The molecule has 2 aromatic rings. The van der Waals surface area contributed by atoms with Gasteiger partial charge in [0.1, 0.15) is 5.75 Å². The van der Waals surface area contributed by atoms with E-state index in [0.717, 1.165) is 35.1 Å². The van der Waals surface area contributed by atoms with Crippen LogP contribution in [0.2, 0.25) is 5.02 Å². The van der Waals surface area contributed by atoms with Crippen LogP contribution < -0.4 is 10.5 Å². The van der Waals surface area contributed by atoms with Gasteiger partial charge < -0.3 is 10.5 Å². The summed E-state index contributed by atoms with van der Waals surface area (Å²) in [5.41, 5.74) is 9.15. The Bertz CT molecular complexity index is 559. The van der Waals surface area contributed by atoms with Gasteiger partial charge in [0, 0.05) is 11.4 Å². The van der Waals surface area contributed by atoms with E-state index in [1.54, 1.807) is 6.20 Å². The maximum atomic E-state index is 6.12. The Morgan fingerprint density at radius 1 is 1.50 bits per heavy atom. The number of aromatic nitrogens is 2. The third kappa shape index (κ3) is 2.21. The average molecular weight is 282 g/mol. The summed E-state index contributed by atoms with van der Waals surface area (Å²) in [4.78, 5) is 0. The molecule has 0 spiro atoms. The van der Waals surface area contributed by atoms with Crippen LogP contribution in [-0.2, 0) is 12.8 Å². The molecule has 6 heteroatoms. The van der Waals surface area contributed by atoms with Crippen molar-refractivity contribution in [1.29, 1.82) is 0 Å². The fourth-order valence-corrected chi connectivity index (χ4v) is 2.92. The maximum Gasteiger partial charge on any atom is 0.125 e. The molecule has 0 radical (unpaired) electrons. The van der Waals surface area contributed by atoms with Gasteiger partial charge in [-0.15, -0.1) is 0 Å². The van der Waals surface area contributed by atoms with E-state index < -0.39 is 0 Å². The van der Waals surface area contributed by atoms with Crippen LogP contribution in [0.15, 0.2) is 18.3 Å². The first-order valence-corrected chi connectivity index (χ1v) is 6.82. The highest BCUT2D eigenvalue weighted by Crippen LogP contribution is 2.34. The van der Waals surface area contributed by atoms with Crippen LogP contribution in [0, 0.1) is 0 Å². The van der Waals surface area contributed by atoms with Gasteiger partial charge >= 0.3 is 0 Å². The lowest BCUT2D eigenvalue weighted by Crippen LogP contribution is -2.14. The summed E-state index contributed by atoms with van der Waals surface area (Å²) in [6.45, 7) is 0.718. The molecule has 1 atom stereocenters. The van der Waals surface area contributed by atoms with Crippen LogP contribution in [-0.4, -0.2) is 15.4 Å². The summed E-state index contributed by atoms with van der Waals surface area (Å²) in [5.74, 6) is 0.943. The van der Waals surface area contributed by atoms with E-state index >= 15 is 0 Å². The SMILES string of the molecule is NC(Cc1cc(Cl)cc2c1OCC2)c1cnsn1. The second-order valence-corrected chi connectivity index (χ2v) is 5.29. The fourth-order valence-electron chi connectivity index (χ4n) is 2.17. The maximum absolute atomic E-state index is 6.12. The fraction of sp³-hybridized carbons (Fsp3) is 0.333. The van der Waals surface area contributed by atoms with E-state index in [4.69, 9.17) is 22.1 Å². The van der Waals surface area contributed by atoms with Crippen molar-refractivity contribution < 1.29 is 4.74 Å². The molecule has 0 saturated heterocycles. The Balaban J connectivity index is 1.89. The third-order valence-corrected chi connectivity index (χ3v) is 3.73. The number of hydrogen-bond acceptors (Lipinski definition) is 5. The molecule has 1 aromatic heterocycles. The van der Waals surface area contributed by atoms with E-state index in [0.29, 0.717) is 6.42 Å². The Labute approximate surface area is 114 Å². The average Bonchev–Trinajstić information content (AvgIpc) is 2.98. The van der Waals surface area contributed by atoms with Gasteiger partial charge in [-0.3, -0.25) is 0 Å². The molecule has 18 heavy (non-hydrogen) atoms. The second kappa shape index (κ2) is 4.84. The van der Waals surface area contributed by atoms with Crippen LogP contribution in [0.5, 0.6) is 5.75 Å². The van der Waals surface area contributed by atoms with Crippen molar-refractivity contribution in [3.05, 3.63) is 40.2 Å². The van der Waals surface area contributed by atoms with Crippen LogP contribution in [0.25, 0.3) is 0 Å². The molecule has 1 aliphatic heterocycles. The Hall–Kier alpha value is -1.17. The lowest BCUT2D eigenvalue weighted by Gasteiger charge is -2.12. The number of benzene rings is 1. The van der Waals surface area contributed by atoms with Crippen molar-refractivity contribution in [2.75, 3.05) is 6.61 Å². The minimum Gasteiger partial charge on any atom is -0.493 e. The first-order valence-electron chi connectivity index (χ1n) is 5.71. The van der Waals surface area contributed by atoms with Gasteiger partial charge in [-0.05, 0) is 29.7 Å². The van der Waals surface area contributed by atoms with Gasteiger partial charge in [0.15, 0.2) is 0 Å². The molecule has 94 valence electrons. The minimum absolute atomic E-state index is 0.171. The van der Waals surface area contributed by atoms with Gasteiger partial charge in [-0.1, -0.05) is 11.6 Å². The molecule has 4 nitrogen and oxygen atoms in total. The number of hydrogen-bond donors (Lipinski definition) is 1. The molecular weight excluding hydrogens is 270 g/mol. The summed E-state index contributed by atoms with van der Waals surface area (Å²) < 4.78 is 13.8. The molecule has 1 aromatic carbocycles. The number of rotatable bonds is 3. The molecular formula is C12H12ClN3OS. The Kier molecular flexibility index (Phi) is 3.20. The predicted octanol–water partition coefficient (Wildman–Crippen LogP) is 2.37. The van der Waals surface area contributed by atoms with Gasteiger partial charge in [0.05, 0.1) is 36.3 Å². The van der Waals surface area contributed by atoms with Gasteiger partial charge in [0.2, 0.25) is 0 Å². The van der Waals surface area contributed by atoms with E-state index in [1.807, 2.05) is 12.1 Å². The molecule has 2 N–H and O–H groups in total. The molecule has 0 bridgehead atoms. The van der Waals surface area contributed by atoms with Crippen molar-refractivity contribution in [3.8, 4) is 5.75 Å². The minimum atomic E-state index is -0.171. The Morgan fingerprint density at radius 3 is 3.17 bits per heavy atom. The summed E-state index contributed by atoms with van der Waals surface area (Å²) in [7, 11) is 0. The highest BCUT2D eigenvalue weighted by Gasteiger charge is 2.20. The molecule has 0 aliphatic carbocycles. The van der Waals surface area contributed by atoms with Crippen molar-refractivity contribution >= 4 is 23.3 Å². The van der Waals surface area contributed by atoms with E-state index in [2.05, 4.69) is 8.75 Å². The monoisotopic (exact) mass is 281 g/mol. The second-order valence-electron chi connectivity index (χ2n) is 4.29. The lowest BCUT2D eigenvalue weighted by molar-refractivity contribution is 0.352. The van der Waals surface area contributed by atoms with Gasteiger partial charge in [-0.25, -0.2) is 0 Å². The quantitative estimate of drug-likeness (QED) is 0.938. The molecule has 2 heterocycles. The first kappa shape index (κ1) is 11.9. The predicted molar refractivity (Wildman–Crippen MR) is 71.2 cm³/mol. The highest BCUT2D eigenvalue weighted by molar-refractivity contribution is 6.99. The molecule has 1 unspecified atom stereocenters. The number of ether oxygens (including phenoxy) is 1. The zero-order chi connectivity index (χ0) is 12.5. The summed E-state index contributed by atoms with van der Waals surface area (Å²) in [6, 6.07) is 3.71. The normalized spacial score (nSPS) is 15.2. The molecule has 3 rings (SSSR count). The summed E-state index contributed by atoms with van der Waals surface area (Å²) >= 11 is 7.28. The van der Waals surface area contributed by atoms with Crippen molar-refractivity contribution in [1.82, 2.24) is 8.75 Å². The van der Waals surface area contributed by atoms with Gasteiger partial charge in [-0.2, -0.15) is 8.75 Å². The van der Waals surface area contributed by atoms with E-state index in [-0.39, 0.29) is 6.04 Å². The number of nitrogens with two attached hydrogens (primary N) is 1. The van der Waals surface area contributed by atoms with Crippen LogP contribution in [0.3, 0.4) is 0 Å².